The molecule has 1 atom stereocenters. The summed E-state index contributed by atoms with van der Waals surface area (Å²) in [7, 11) is 0. The van der Waals surface area contributed by atoms with E-state index in [1.54, 1.807) is 6.26 Å². The Morgan fingerprint density at radius 1 is 1.24 bits per heavy atom. The van der Waals surface area contributed by atoms with E-state index in [4.69, 9.17) is 10.3 Å². The van der Waals surface area contributed by atoms with Gasteiger partial charge in [0, 0.05) is 12.5 Å². The minimum absolute atomic E-state index is 0.360. The van der Waals surface area contributed by atoms with Crippen LogP contribution in [0.2, 0.25) is 0 Å². The maximum absolute atomic E-state index is 5.72. The van der Waals surface area contributed by atoms with E-state index >= 15 is 0 Å². The summed E-state index contributed by atoms with van der Waals surface area (Å²) in [6.45, 7) is 0. The van der Waals surface area contributed by atoms with Crippen molar-refractivity contribution in [3.05, 3.63) is 24.2 Å². The first kappa shape index (κ1) is 12.7. The predicted octanol–water partition coefficient (Wildman–Crippen LogP) is 3.01. The Morgan fingerprint density at radius 2 is 1.94 bits per heavy atom. The molecular formula is C14H24N2O. The number of nitrogens with one attached hydrogen (secondary N) is 1. The molecule has 1 fully saturated rings. The van der Waals surface area contributed by atoms with E-state index in [2.05, 4.69) is 5.43 Å². The molecular weight excluding hydrogens is 212 g/mol. The van der Waals surface area contributed by atoms with E-state index in [1.807, 2.05) is 12.1 Å². The molecule has 1 heterocycles. The second-order valence-corrected chi connectivity index (χ2v) is 5.16. The van der Waals surface area contributed by atoms with E-state index in [-0.39, 0.29) is 0 Å². The summed E-state index contributed by atoms with van der Waals surface area (Å²) in [5.74, 6) is 7.46. The van der Waals surface area contributed by atoms with Gasteiger partial charge in [0.2, 0.25) is 0 Å². The zero-order chi connectivity index (χ0) is 11.9. The quantitative estimate of drug-likeness (QED) is 0.624. The Balaban J connectivity index is 1.90. The first-order valence-electron chi connectivity index (χ1n) is 6.88. The third-order valence-electron chi connectivity index (χ3n) is 3.93. The van der Waals surface area contributed by atoms with Crippen molar-refractivity contribution in [2.24, 2.45) is 11.8 Å². The lowest BCUT2D eigenvalue weighted by molar-refractivity contribution is 0.275. The average Bonchev–Trinajstić information content (AvgIpc) is 2.79. The van der Waals surface area contributed by atoms with Gasteiger partial charge in [0.15, 0.2) is 0 Å². The van der Waals surface area contributed by atoms with Gasteiger partial charge in [-0.2, -0.15) is 0 Å². The van der Waals surface area contributed by atoms with Crippen LogP contribution in [0.5, 0.6) is 0 Å². The van der Waals surface area contributed by atoms with E-state index in [9.17, 15) is 0 Å². The van der Waals surface area contributed by atoms with Crippen molar-refractivity contribution in [3.63, 3.8) is 0 Å². The Kier molecular flexibility index (Phi) is 5.08. The largest absolute Gasteiger partial charge is 0.469 e. The summed E-state index contributed by atoms with van der Waals surface area (Å²) in [6, 6.07) is 4.34. The van der Waals surface area contributed by atoms with Crippen LogP contribution in [0.4, 0.5) is 0 Å². The molecule has 0 aromatic carbocycles. The molecule has 3 nitrogen and oxygen atoms in total. The van der Waals surface area contributed by atoms with Crippen molar-refractivity contribution in [2.75, 3.05) is 0 Å². The third kappa shape index (κ3) is 3.86. The van der Waals surface area contributed by atoms with Gasteiger partial charge in [-0.05, 0) is 30.9 Å². The van der Waals surface area contributed by atoms with Crippen molar-refractivity contribution < 1.29 is 4.42 Å². The molecule has 0 bridgehead atoms. The summed E-state index contributed by atoms with van der Waals surface area (Å²) in [4.78, 5) is 0. The summed E-state index contributed by atoms with van der Waals surface area (Å²) in [6.07, 6.45) is 12.1. The fourth-order valence-corrected chi connectivity index (χ4v) is 2.90. The van der Waals surface area contributed by atoms with Crippen molar-refractivity contribution in [1.29, 1.82) is 0 Å². The van der Waals surface area contributed by atoms with Crippen molar-refractivity contribution >= 4 is 0 Å². The van der Waals surface area contributed by atoms with Crippen molar-refractivity contribution in [1.82, 2.24) is 5.43 Å². The van der Waals surface area contributed by atoms with Crippen LogP contribution in [-0.2, 0) is 6.42 Å². The highest BCUT2D eigenvalue weighted by Crippen LogP contribution is 2.26. The highest BCUT2D eigenvalue weighted by molar-refractivity contribution is 5.01. The van der Waals surface area contributed by atoms with Gasteiger partial charge in [-0.15, -0.1) is 0 Å². The zero-order valence-corrected chi connectivity index (χ0v) is 10.5. The van der Waals surface area contributed by atoms with Gasteiger partial charge in [-0.3, -0.25) is 11.3 Å². The first-order chi connectivity index (χ1) is 8.40. The standard InChI is InChI=1S/C14H24N2O/c15-16-14(11-13-9-6-10-17-13)12-7-4-2-1-3-5-8-12/h6,9-10,12,14,16H,1-5,7-8,11,15H2. The average molecular weight is 236 g/mol. The van der Waals surface area contributed by atoms with Gasteiger partial charge in [-0.25, -0.2) is 0 Å². The van der Waals surface area contributed by atoms with Gasteiger partial charge >= 0.3 is 0 Å². The highest BCUT2D eigenvalue weighted by Gasteiger charge is 2.22. The van der Waals surface area contributed by atoms with Crippen molar-refractivity contribution in [3.8, 4) is 0 Å². The van der Waals surface area contributed by atoms with E-state index in [1.165, 1.54) is 44.9 Å². The second kappa shape index (κ2) is 6.82. The maximum atomic E-state index is 5.72. The zero-order valence-electron chi connectivity index (χ0n) is 10.5. The maximum Gasteiger partial charge on any atom is 0.105 e. The molecule has 1 unspecified atom stereocenters. The number of rotatable bonds is 4. The Hall–Kier alpha value is -0.800. The number of hydrogen-bond acceptors (Lipinski definition) is 3. The summed E-state index contributed by atoms with van der Waals surface area (Å²) >= 11 is 0. The fraction of sp³-hybridized carbons (Fsp3) is 0.714. The van der Waals surface area contributed by atoms with Crippen LogP contribution < -0.4 is 11.3 Å². The van der Waals surface area contributed by atoms with Gasteiger partial charge in [-0.1, -0.05) is 32.1 Å². The molecule has 17 heavy (non-hydrogen) atoms. The van der Waals surface area contributed by atoms with E-state index < -0.39 is 0 Å². The Morgan fingerprint density at radius 3 is 2.53 bits per heavy atom. The normalized spacial score (nSPS) is 20.8. The minimum Gasteiger partial charge on any atom is -0.469 e. The Bertz CT molecular complexity index is 289. The summed E-state index contributed by atoms with van der Waals surface area (Å²) < 4.78 is 5.42. The smallest absolute Gasteiger partial charge is 0.105 e. The molecule has 0 spiro atoms. The van der Waals surface area contributed by atoms with Gasteiger partial charge in [0.25, 0.3) is 0 Å². The first-order valence-corrected chi connectivity index (χ1v) is 6.88. The lowest BCUT2D eigenvalue weighted by Crippen LogP contribution is -2.42. The van der Waals surface area contributed by atoms with E-state index in [0.29, 0.717) is 12.0 Å². The number of furan rings is 1. The van der Waals surface area contributed by atoms with Crippen LogP contribution in [-0.4, -0.2) is 6.04 Å². The predicted molar refractivity (Wildman–Crippen MR) is 69.3 cm³/mol. The number of hydrogen-bond donors (Lipinski definition) is 2. The molecule has 1 aliphatic rings. The molecule has 3 heteroatoms. The fourth-order valence-electron chi connectivity index (χ4n) is 2.90. The molecule has 0 amide bonds. The Labute approximate surface area is 104 Å². The highest BCUT2D eigenvalue weighted by atomic mass is 16.3. The molecule has 96 valence electrons. The lowest BCUT2D eigenvalue weighted by atomic mass is 9.84. The molecule has 1 saturated carbocycles. The summed E-state index contributed by atoms with van der Waals surface area (Å²) in [5.41, 5.74) is 3.00. The lowest BCUT2D eigenvalue weighted by Gasteiger charge is -2.27. The summed E-state index contributed by atoms with van der Waals surface area (Å²) in [5, 5.41) is 0. The van der Waals surface area contributed by atoms with E-state index in [0.717, 1.165) is 12.2 Å². The van der Waals surface area contributed by atoms with Crippen molar-refractivity contribution in [2.45, 2.75) is 57.4 Å². The van der Waals surface area contributed by atoms with Crippen LogP contribution >= 0.6 is 0 Å². The molecule has 0 radical (unpaired) electrons. The monoisotopic (exact) mass is 236 g/mol. The molecule has 1 aromatic rings. The van der Waals surface area contributed by atoms with Crippen LogP contribution in [0.15, 0.2) is 22.8 Å². The molecule has 3 N–H and O–H groups in total. The van der Waals surface area contributed by atoms with Gasteiger partial charge < -0.3 is 4.42 Å². The molecule has 0 saturated heterocycles. The second-order valence-electron chi connectivity index (χ2n) is 5.16. The van der Waals surface area contributed by atoms with Gasteiger partial charge in [0.1, 0.15) is 5.76 Å². The SMILES string of the molecule is NNC(Cc1ccco1)C1CCCCCCC1. The molecule has 1 aliphatic carbocycles. The van der Waals surface area contributed by atoms with Crippen LogP contribution in [0, 0.1) is 5.92 Å². The van der Waals surface area contributed by atoms with Crippen LogP contribution in [0.25, 0.3) is 0 Å². The topological polar surface area (TPSA) is 51.2 Å². The number of hydrazine groups is 1. The minimum atomic E-state index is 0.360. The van der Waals surface area contributed by atoms with Crippen LogP contribution in [0.1, 0.15) is 50.7 Å². The molecule has 0 aliphatic heterocycles. The molecule has 1 aromatic heterocycles. The third-order valence-corrected chi connectivity index (χ3v) is 3.93. The number of nitrogens with two attached hydrogens (primary N) is 1. The van der Waals surface area contributed by atoms with Gasteiger partial charge in [0.05, 0.1) is 6.26 Å². The van der Waals surface area contributed by atoms with Crippen LogP contribution in [0.3, 0.4) is 0 Å². The molecule has 2 rings (SSSR count).